The summed E-state index contributed by atoms with van der Waals surface area (Å²) in [5, 5.41) is 3.43. The number of benzene rings is 1. The second-order valence-electron chi connectivity index (χ2n) is 6.57. The summed E-state index contributed by atoms with van der Waals surface area (Å²) in [5.74, 6) is 0.857. The van der Waals surface area contributed by atoms with Gasteiger partial charge in [0.1, 0.15) is 5.00 Å². The Kier molecular flexibility index (Phi) is 5.70. The van der Waals surface area contributed by atoms with E-state index in [1.807, 2.05) is 0 Å². The lowest BCUT2D eigenvalue weighted by molar-refractivity contribution is 0.0601. The third-order valence-electron chi connectivity index (χ3n) is 4.77. The fraction of sp³-hybridized carbons (Fsp3) is 0.400. The fourth-order valence-corrected chi connectivity index (χ4v) is 4.70. The molecule has 144 valence electrons. The number of thiophene rings is 1. The maximum absolute atomic E-state index is 12.8. The summed E-state index contributed by atoms with van der Waals surface area (Å²) < 4.78 is 15.4. The number of rotatable bonds is 5. The minimum atomic E-state index is -0.412. The van der Waals surface area contributed by atoms with Crippen molar-refractivity contribution in [3.8, 4) is 11.5 Å². The summed E-state index contributed by atoms with van der Waals surface area (Å²) in [6.07, 6.45) is 2.76. The molecule has 1 aromatic heterocycles. The average molecular weight is 389 g/mol. The van der Waals surface area contributed by atoms with Crippen LogP contribution >= 0.6 is 11.3 Å². The van der Waals surface area contributed by atoms with E-state index in [0.29, 0.717) is 33.5 Å². The largest absolute Gasteiger partial charge is 0.493 e. The molecule has 1 N–H and O–H groups in total. The van der Waals surface area contributed by atoms with Crippen LogP contribution in [0.15, 0.2) is 18.2 Å². The monoisotopic (exact) mass is 389 g/mol. The van der Waals surface area contributed by atoms with Gasteiger partial charge in [-0.3, -0.25) is 4.79 Å². The van der Waals surface area contributed by atoms with Crippen LogP contribution in [0.5, 0.6) is 11.5 Å². The molecule has 27 heavy (non-hydrogen) atoms. The summed E-state index contributed by atoms with van der Waals surface area (Å²) in [4.78, 5) is 26.3. The maximum atomic E-state index is 12.8. The Bertz CT molecular complexity index is 873. The molecule has 1 heterocycles. The number of hydrogen-bond acceptors (Lipinski definition) is 6. The predicted octanol–water partition coefficient (Wildman–Crippen LogP) is 3.93. The molecular weight excluding hydrogens is 366 g/mol. The molecule has 0 aliphatic heterocycles. The fourth-order valence-electron chi connectivity index (χ4n) is 3.31. The van der Waals surface area contributed by atoms with Gasteiger partial charge in [0.15, 0.2) is 11.5 Å². The van der Waals surface area contributed by atoms with Crippen molar-refractivity contribution in [1.29, 1.82) is 0 Å². The molecule has 2 aromatic rings. The van der Waals surface area contributed by atoms with Gasteiger partial charge >= 0.3 is 5.97 Å². The van der Waals surface area contributed by atoms with Crippen molar-refractivity contribution in [2.45, 2.75) is 26.2 Å². The number of fused-ring (bicyclic) bond motifs is 1. The second kappa shape index (κ2) is 8.00. The van der Waals surface area contributed by atoms with Gasteiger partial charge in [0.05, 0.1) is 26.9 Å². The molecule has 0 saturated heterocycles. The molecule has 1 aromatic carbocycles. The van der Waals surface area contributed by atoms with E-state index < -0.39 is 5.97 Å². The number of carbonyl (C=O) groups is 2. The van der Waals surface area contributed by atoms with Gasteiger partial charge in [-0.15, -0.1) is 11.3 Å². The van der Waals surface area contributed by atoms with E-state index >= 15 is 0 Å². The van der Waals surface area contributed by atoms with Crippen LogP contribution in [-0.2, 0) is 17.6 Å². The third-order valence-corrected chi connectivity index (χ3v) is 5.94. The van der Waals surface area contributed by atoms with Crippen molar-refractivity contribution in [2.24, 2.45) is 5.92 Å². The molecule has 0 spiro atoms. The molecule has 6 nitrogen and oxygen atoms in total. The van der Waals surface area contributed by atoms with Gasteiger partial charge in [0.2, 0.25) is 0 Å². The van der Waals surface area contributed by atoms with E-state index in [9.17, 15) is 9.59 Å². The van der Waals surface area contributed by atoms with Gasteiger partial charge in [0, 0.05) is 10.4 Å². The quantitative estimate of drug-likeness (QED) is 0.785. The first kappa shape index (κ1) is 19.2. The first-order valence-electron chi connectivity index (χ1n) is 8.74. The number of nitrogens with one attached hydrogen (secondary N) is 1. The SMILES string of the molecule is COC(=O)c1c(NC(=O)c2ccc(OC)c(OC)c2)sc2c1CCC(C)C2. The summed E-state index contributed by atoms with van der Waals surface area (Å²) in [6, 6.07) is 4.95. The zero-order valence-corrected chi connectivity index (χ0v) is 16.7. The van der Waals surface area contributed by atoms with Crippen molar-refractivity contribution in [1.82, 2.24) is 0 Å². The van der Waals surface area contributed by atoms with Gasteiger partial charge < -0.3 is 19.5 Å². The Morgan fingerprint density at radius 1 is 1.15 bits per heavy atom. The molecule has 3 rings (SSSR count). The maximum Gasteiger partial charge on any atom is 0.341 e. The zero-order valence-electron chi connectivity index (χ0n) is 15.9. The topological polar surface area (TPSA) is 73.9 Å². The van der Waals surface area contributed by atoms with Crippen molar-refractivity contribution in [2.75, 3.05) is 26.6 Å². The Morgan fingerprint density at radius 2 is 1.89 bits per heavy atom. The Hall–Kier alpha value is -2.54. The van der Waals surface area contributed by atoms with E-state index in [1.54, 1.807) is 18.2 Å². The van der Waals surface area contributed by atoms with Crippen LogP contribution in [0.1, 0.15) is 44.5 Å². The molecule has 0 bridgehead atoms. The van der Waals surface area contributed by atoms with Crippen LogP contribution in [0.4, 0.5) is 5.00 Å². The molecule has 1 aliphatic rings. The standard InChI is InChI=1S/C20H23NO5S/c1-11-5-7-13-16(9-11)27-19(17(13)20(23)26-4)21-18(22)12-6-8-14(24-2)15(10-12)25-3/h6,8,10-11H,5,7,9H2,1-4H3,(H,21,22). The first-order valence-corrected chi connectivity index (χ1v) is 9.56. The van der Waals surface area contributed by atoms with Gasteiger partial charge in [-0.25, -0.2) is 4.79 Å². The summed E-state index contributed by atoms with van der Waals surface area (Å²) in [6.45, 7) is 2.20. The van der Waals surface area contributed by atoms with Crippen molar-refractivity contribution in [3.05, 3.63) is 39.8 Å². The molecule has 1 aliphatic carbocycles. The highest BCUT2D eigenvalue weighted by atomic mass is 32.1. The minimum Gasteiger partial charge on any atom is -0.493 e. The highest BCUT2D eigenvalue weighted by molar-refractivity contribution is 7.17. The number of ether oxygens (including phenoxy) is 3. The normalized spacial score (nSPS) is 15.6. The lowest BCUT2D eigenvalue weighted by Crippen LogP contribution is -2.16. The molecular formula is C20H23NO5S. The lowest BCUT2D eigenvalue weighted by atomic mass is 9.88. The van der Waals surface area contributed by atoms with Gasteiger partial charge in [-0.2, -0.15) is 0 Å². The molecule has 0 saturated carbocycles. The van der Waals surface area contributed by atoms with Crippen molar-refractivity contribution >= 4 is 28.2 Å². The number of methoxy groups -OCH3 is 3. The Morgan fingerprint density at radius 3 is 2.56 bits per heavy atom. The van der Waals surface area contributed by atoms with E-state index in [-0.39, 0.29) is 5.91 Å². The Labute approximate surface area is 162 Å². The molecule has 1 amide bonds. The van der Waals surface area contributed by atoms with Crippen LogP contribution in [0, 0.1) is 5.92 Å². The number of carbonyl (C=O) groups excluding carboxylic acids is 2. The molecule has 1 atom stereocenters. The molecule has 0 radical (unpaired) electrons. The third kappa shape index (κ3) is 3.78. The van der Waals surface area contributed by atoms with Crippen LogP contribution in [0.25, 0.3) is 0 Å². The highest BCUT2D eigenvalue weighted by Gasteiger charge is 2.29. The van der Waals surface area contributed by atoms with E-state index in [4.69, 9.17) is 14.2 Å². The van der Waals surface area contributed by atoms with Crippen LogP contribution in [0.2, 0.25) is 0 Å². The first-order chi connectivity index (χ1) is 13.0. The van der Waals surface area contributed by atoms with Gasteiger partial charge in [-0.05, 0) is 48.9 Å². The second-order valence-corrected chi connectivity index (χ2v) is 7.68. The minimum absolute atomic E-state index is 0.312. The summed E-state index contributed by atoms with van der Waals surface area (Å²) in [5.41, 5.74) is 1.91. The molecule has 1 unspecified atom stereocenters. The number of esters is 1. The smallest absolute Gasteiger partial charge is 0.341 e. The molecule has 7 heteroatoms. The predicted molar refractivity (Wildman–Crippen MR) is 104 cm³/mol. The van der Waals surface area contributed by atoms with Gasteiger partial charge in [0.25, 0.3) is 5.91 Å². The average Bonchev–Trinajstić information content (AvgIpc) is 3.03. The summed E-state index contributed by atoms with van der Waals surface area (Å²) in [7, 11) is 4.42. The van der Waals surface area contributed by atoms with Crippen molar-refractivity contribution in [3.63, 3.8) is 0 Å². The van der Waals surface area contributed by atoms with E-state index in [2.05, 4.69) is 12.2 Å². The Balaban J connectivity index is 1.93. The van der Waals surface area contributed by atoms with Crippen molar-refractivity contribution < 1.29 is 23.8 Å². The number of amides is 1. The zero-order chi connectivity index (χ0) is 19.6. The van der Waals surface area contributed by atoms with Crippen LogP contribution in [0.3, 0.4) is 0 Å². The van der Waals surface area contributed by atoms with E-state index in [1.165, 1.54) is 32.7 Å². The molecule has 0 fully saturated rings. The van der Waals surface area contributed by atoms with Crippen LogP contribution in [-0.4, -0.2) is 33.2 Å². The highest BCUT2D eigenvalue weighted by Crippen LogP contribution is 2.40. The summed E-state index contributed by atoms with van der Waals surface area (Å²) >= 11 is 1.46. The number of hydrogen-bond donors (Lipinski definition) is 1. The van der Waals surface area contributed by atoms with Crippen LogP contribution < -0.4 is 14.8 Å². The van der Waals surface area contributed by atoms with Gasteiger partial charge in [-0.1, -0.05) is 6.92 Å². The van der Waals surface area contributed by atoms with E-state index in [0.717, 1.165) is 29.7 Å². The number of anilines is 1. The lowest BCUT2D eigenvalue weighted by Gasteiger charge is -2.18.